The second-order valence-corrected chi connectivity index (χ2v) is 5.17. The first-order valence-corrected chi connectivity index (χ1v) is 7.23. The third kappa shape index (κ3) is 3.72. The van der Waals surface area contributed by atoms with Gasteiger partial charge in [0.25, 0.3) is 5.91 Å². The fraction of sp³-hybridized carbons (Fsp3) is 0.125. The van der Waals surface area contributed by atoms with E-state index in [0.717, 1.165) is 17.0 Å². The molecular formula is C16H10F3N5O2. The monoisotopic (exact) mass is 361 g/mol. The van der Waals surface area contributed by atoms with Crippen molar-refractivity contribution in [3.8, 4) is 6.07 Å². The number of hydrogen-bond acceptors (Lipinski definition) is 5. The van der Waals surface area contributed by atoms with E-state index in [4.69, 9.17) is 10.1 Å². The Morgan fingerprint density at radius 3 is 2.62 bits per heavy atom. The predicted molar refractivity (Wildman–Crippen MR) is 83.8 cm³/mol. The van der Waals surface area contributed by atoms with Gasteiger partial charge in [0.2, 0.25) is 0 Å². The molecule has 3 rings (SSSR count). The zero-order chi connectivity index (χ0) is 18.7. The summed E-state index contributed by atoms with van der Waals surface area (Å²) in [5.41, 5.74) is 0.199. The molecule has 0 aliphatic carbocycles. The van der Waals surface area contributed by atoms with Crippen molar-refractivity contribution in [1.82, 2.24) is 15.2 Å². The van der Waals surface area contributed by atoms with Gasteiger partial charge in [0.15, 0.2) is 6.61 Å². The Labute approximate surface area is 144 Å². The SMILES string of the molecule is N#Cc1ccc(NC(=O)COn2nnc3ccc(C(F)(F)F)cc32)cc1. The molecule has 0 bridgehead atoms. The highest BCUT2D eigenvalue weighted by Gasteiger charge is 2.31. The van der Waals surface area contributed by atoms with Crippen molar-refractivity contribution in [1.29, 1.82) is 5.26 Å². The highest BCUT2D eigenvalue weighted by atomic mass is 19.4. The summed E-state index contributed by atoms with van der Waals surface area (Å²) in [5, 5.41) is 18.5. The number of rotatable bonds is 4. The number of amides is 1. The Kier molecular flexibility index (Phi) is 4.45. The van der Waals surface area contributed by atoms with E-state index in [-0.39, 0.29) is 11.0 Å². The molecule has 10 heteroatoms. The first-order chi connectivity index (χ1) is 12.4. The second kappa shape index (κ2) is 6.72. The molecule has 0 fully saturated rings. The van der Waals surface area contributed by atoms with Gasteiger partial charge in [-0.05, 0) is 47.7 Å². The first kappa shape index (κ1) is 17.2. The van der Waals surface area contributed by atoms with Crippen LogP contribution in [0.5, 0.6) is 0 Å². The molecule has 0 unspecified atom stereocenters. The van der Waals surface area contributed by atoms with Crippen LogP contribution in [0, 0.1) is 11.3 Å². The van der Waals surface area contributed by atoms with Crippen LogP contribution in [0.3, 0.4) is 0 Å². The van der Waals surface area contributed by atoms with Crippen LogP contribution >= 0.6 is 0 Å². The van der Waals surface area contributed by atoms with Gasteiger partial charge in [-0.3, -0.25) is 4.79 Å². The summed E-state index contributed by atoms with van der Waals surface area (Å²) in [6.45, 7) is -0.491. The zero-order valence-corrected chi connectivity index (χ0v) is 13.0. The molecule has 0 saturated carbocycles. The number of carbonyl (C=O) groups is 1. The molecule has 0 atom stereocenters. The smallest absolute Gasteiger partial charge is 0.385 e. The van der Waals surface area contributed by atoms with Crippen LogP contribution in [0.15, 0.2) is 42.5 Å². The van der Waals surface area contributed by atoms with Crippen molar-refractivity contribution in [3.05, 3.63) is 53.6 Å². The molecule has 1 amide bonds. The van der Waals surface area contributed by atoms with E-state index in [1.807, 2.05) is 6.07 Å². The molecule has 0 aliphatic rings. The maximum atomic E-state index is 12.8. The molecule has 1 aromatic heterocycles. The molecule has 1 heterocycles. The standard InChI is InChI=1S/C16H10F3N5O2/c17-16(18,19)11-3-6-13-14(7-11)24(23-22-13)26-9-15(25)21-12-4-1-10(8-20)2-5-12/h1-7H,9H2,(H,21,25). The Hall–Kier alpha value is -3.61. The maximum Gasteiger partial charge on any atom is 0.416 e. The quantitative estimate of drug-likeness (QED) is 0.770. The maximum absolute atomic E-state index is 12.8. The van der Waals surface area contributed by atoms with Crippen LogP contribution in [0.1, 0.15) is 11.1 Å². The van der Waals surface area contributed by atoms with Crippen LogP contribution in [-0.4, -0.2) is 27.7 Å². The third-order valence-electron chi connectivity index (χ3n) is 3.36. The summed E-state index contributed by atoms with van der Waals surface area (Å²) in [7, 11) is 0. The number of carbonyl (C=O) groups excluding carboxylic acids is 1. The molecule has 0 aliphatic heterocycles. The number of hydrogen-bond donors (Lipinski definition) is 1. The van der Waals surface area contributed by atoms with Crippen molar-refractivity contribution < 1.29 is 22.8 Å². The predicted octanol–water partition coefficient (Wildman–Crippen LogP) is 2.39. The lowest BCUT2D eigenvalue weighted by molar-refractivity contribution is -0.137. The molecule has 26 heavy (non-hydrogen) atoms. The van der Waals surface area contributed by atoms with E-state index in [1.54, 1.807) is 0 Å². The lowest BCUT2D eigenvalue weighted by Crippen LogP contribution is -2.26. The Morgan fingerprint density at radius 1 is 1.23 bits per heavy atom. The number of alkyl halides is 3. The van der Waals surface area contributed by atoms with Crippen molar-refractivity contribution in [3.63, 3.8) is 0 Å². The number of anilines is 1. The first-order valence-electron chi connectivity index (χ1n) is 7.23. The van der Waals surface area contributed by atoms with Crippen LogP contribution < -0.4 is 10.2 Å². The fourth-order valence-electron chi connectivity index (χ4n) is 2.11. The minimum atomic E-state index is -4.52. The number of halogens is 3. The number of benzene rings is 2. The second-order valence-electron chi connectivity index (χ2n) is 5.17. The largest absolute Gasteiger partial charge is 0.416 e. The average molecular weight is 361 g/mol. The van der Waals surface area contributed by atoms with E-state index < -0.39 is 24.3 Å². The van der Waals surface area contributed by atoms with Crippen molar-refractivity contribution >= 4 is 22.6 Å². The van der Waals surface area contributed by atoms with E-state index >= 15 is 0 Å². The van der Waals surface area contributed by atoms with Crippen LogP contribution in [0.25, 0.3) is 11.0 Å². The van der Waals surface area contributed by atoms with Gasteiger partial charge in [0, 0.05) is 5.69 Å². The summed E-state index contributed by atoms with van der Waals surface area (Å²) in [5.74, 6) is -0.551. The number of nitrogens with zero attached hydrogens (tertiary/aromatic N) is 4. The summed E-state index contributed by atoms with van der Waals surface area (Å²) >= 11 is 0. The molecule has 0 saturated heterocycles. The Morgan fingerprint density at radius 2 is 1.96 bits per heavy atom. The van der Waals surface area contributed by atoms with Gasteiger partial charge in [0.05, 0.1) is 17.2 Å². The molecule has 7 nitrogen and oxygen atoms in total. The summed E-state index contributed by atoms with van der Waals surface area (Å²) < 4.78 is 38.4. The van der Waals surface area contributed by atoms with Gasteiger partial charge in [-0.15, -0.1) is 5.10 Å². The molecule has 3 aromatic rings. The van der Waals surface area contributed by atoms with Crippen molar-refractivity contribution in [2.75, 3.05) is 11.9 Å². The molecule has 0 radical (unpaired) electrons. The molecule has 132 valence electrons. The van der Waals surface area contributed by atoms with E-state index in [2.05, 4.69) is 15.6 Å². The van der Waals surface area contributed by atoms with Crippen molar-refractivity contribution in [2.45, 2.75) is 6.18 Å². The van der Waals surface area contributed by atoms with Gasteiger partial charge in [0.1, 0.15) is 11.0 Å². The third-order valence-corrected chi connectivity index (χ3v) is 3.36. The number of nitriles is 1. The van der Waals surface area contributed by atoms with Crippen LogP contribution in [0.2, 0.25) is 0 Å². The summed E-state index contributed by atoms with van der Waals surface area (Å²) in [6.07, 6.45) is -4.52. The Bertz CT molecular complexity index is 990. The van der Waals surface area contributed by atoms with Gasteiger partial charge < -0.3 is 10.2 Å². The van der Waals surface area contributed by atoms with E-state index in [9.17, 15) is 18.0 Å². The number of nitrogens with one attached hydrogen (secondary N) is 1. The topological polar surface area (TPSA) is 92.8 Å². The molecule has 2 aromatic carbocycles. The highest BCUT2D eigenvalue weighted by Crippen LogP contribution is 2.30. The minimum Gasteiger partial charge on any atom is -0.385 e. The lowest BCUT2D eigenvalue weighted by Gasteiger charge is -2.08. The average Bonchev–Trinajstić information content (AvgIpc) is 3.02. The summed E-state index contributed by atoms with van der Waals surface area (Å²) in [4.78, 5) is 17.8. The van der Waals surface area contributed by atoms with Crippen molar-refractivity contribution in [2.24, 2.45) is 0 Å². The number of fused-ring (bicyclic) bond motifs is 1. The van der Waals surface area contributed by atoms with Gasteiger partial charge in [-0.2, -0.15) is 18.4 Å². The van der Waals surface area contributed by atoms with Crippen LogP contribution in [0.4, 0.5) is 18.9 Å². The van der Waals surface area contributed by atoms with Gasteiger partial charge in [-0.25, -0.2) is 0 Å². The molecular weight excluding hydrogens is 351 g/mol. The van der Waals surface area contributed by atoms with Crippen LogP contribution in [-0.2, 0) is 11.0 Å². The van der Waals surface area contributed by atoms with E-state index in [0.29, 0.717) is 11.3 Å². The normalized spacial score (nSPS) is 11.2. The molecule has 1 N–H and O–H groups in total. The van der Waals surface area contributed by atoms with E-state index in [1.165, 1.54) is 30.3 Å². The molecule has 0 spiro atoms. The van der Waals surface area contributed by atoms with Gasteiger partial charge in [-0.1, -0.05) is 4.85 Å². The minimum absolute atomic E-state index is 0.00834. The summed E-state index contributed by atoms with van der Waals surface area (Å²) in [6, 6.07) is 11.0. The highest BCUT2D eigenvalue weighted by molar-refractivity contribution is 5.91. The number of aromatic nitrogens is 3. The lowest BCUT2D eigenvalue weighted by atomic mass is 10.2. The zero-order valence-electron chi connectivity index (χ0n) is 13.0. The fourth-order valence-corrected chi connectivity index (χ4v) is 2.11. The van der Waals surface area contributed by atoms with Gasteiger partial charge >= 0.3 is 6.18 Å². The Balaban J connectivity index is 1.68.